The maximum Gasteiger partial charge on any atom is 0.338 e. The number of carbonyl (C=O) groups excluding carboxylic acids is 3. The van der Waals surface area contributed by atoms with Crippen molar-refractivity contribution in [3.05, 3.63) is 47.0 Å². The van der Waals surface area contributed by atoms with Crippen LogP contribution < -0.4 is 0 Å². The maximum atomic E-state index is 14.8. The van der Waals surface area contributed by atoms with Crippen LogP contribution in [0.3, 0.4) is 0 Å². The van der Waals surface area contributed by atoms with Gasteiger partial charge in [-0.3, -0.25) is 9.59 Å². The van der Waals surface area contributed by atoms with E-state index in [1.165, 1.54) is 33.1 Å². The summed E-state index contributed by atoms with van der Waals surface area (Å²) in [6.07, 6.45) is -6.93. The molecule has 1 aromatic rings. The molecule has 1 aliphatic heterocycles. The summed E-state index contributed by atoms with van der Waals surface area (Å²) in [6.45, 7) is 7.36. The van der Waals surface area contributed by atoms with Crippen LogP contribution in [0.4, 0.5) is 0 Å². The Labute approximate surface area is 244 Å². The van der Waals surface area contributed by atoms with E-state index in [0.29, 0.717) is 5.57 Å². The van der Waals surface area contributed by atoms with Gasteiger partial charge in [-0.15, -0.1) is 0 Å². The largest absolute Gasteiger partial charge is 0.455 e. The van der Waals surface area contributed by atoms with E-state index >= 15 is 0 Å². The van der Waals surface area contributed by atoms with Crippen molar-refractivity contribution in [2.24, 2.45) is 16.7 Å². The molecule has 9 atom stereocenters. The van der Waals surface area contributed by atoms with Gasteiger partial charge < -0.3 is 33.9 Å². The maximum absolute atomic E-state index is 14.8. The molecule has 10 heteroatoms. The second-order valence-corrected chi connectivity index (χ2v) is 12.5. The predicted octanol–water partition coefficient (Wildman–Crippen LogP) is 2.39. The zero-order valence-corrected chi connectivity index (χ0v) is 24.1. The molecule has 0 aromatic heterocycles. The van der Waals surface area contributed by atoms with Crippen molar-refractivity contribution in [2.75, 3.05) is 20.8 Å². The number of ketones is 1. The van der Waals surface area contributed by atoms with Gasteiger partial charge in [0.1, 0.15) is 23.9 Å². The van der Waals surface area contributed by atoms with Gasteiger partial charge >= 0.3 is 11.9 Å². The highest BCUT2D eigenvalue weighted by molar-refractivity contribution is 5.94. The first-order chi connectivity index (χ1) is 20.3. The lowest BCUT2D eigenvalue weighted by Crippen LogP contribution is -2.82. The summed E-state index contributed by atoms with van der Waals surface area (Å²) >= 11 is 0. The third-order valence-corrected chi connectivity index (χ3v) is 10.3. The first kappa shape index (κ1) is 26.0. The Hall–Kier alpha value is -2.63. The molecule has 2 N–H and O–H groups in total. The molecule has 5 rings (SSSR count). The van der Waals surface area contributed by atoms with Crippen molar-refractivity contribution >= 4 is 17.7 Å². The summed E-state index contributed by atoms with van der Waals surface area (Å²) in [4.78, 5) is 41.3. The second kappa shape index (κ2) is 9.98. The van der Waals surface area contributed by atoms with Crippen molar-refractivity contribution in [1.82, 2.24) is 0 Å². The fourth-order valence-corrected chi connectivity index (χ4v) is 8.05. The van der Waals surface area contributed by atoms with Gasteiger partial charge in [0.15, 0.2) is 11.4 Å². The Morgan fingerprint density at radius 2 is 1.83 bits per heavy atom. The fourth-order valence-electron chi connectivity index (χ4n) is 8.05. The summed E-state index contributed by atoms with van der Waals surface area (Å²) in [5.74, 6) is -3.79. The molecule has 0 radical (unpaired) electrons. The number of Topliss-reactive ketones (excluding diaryl/α,β-unsaturated/α-hetero) is 1. The summed E-state index contributed by atoms with van der Waals surface area (Å²) in [5.41, 5.74) is -6.22. The molecule has 2 bridgehead atoms. The summed E-state index contributed by atoms with van der Waals surface area (Å²) in [7, 11) is -1.55. The van der Waals surface area contributed by atoms with Gasteiger partial charge in [0.05, 0.1) is 39.8 Å². The van der Waals surface area contributed by atoms with Gasteiger partial charge in [0.2, 0.25) is 0 Å². The summed E-state index contributed by atoms with van der Waals surface area (Å²) < 4.78 is 53.1. The van der Waals surface area contributed by atoms with Crippen molar-refractivity contribution in [1.29, 1.82) is 0 Å². The molecule has 1 heterocycles. The Morgan fingerprint density at radius 1 is 1.15 bits per heavy atom. The topological polar surface area (TPSA) is 138 Å². The standard InChI is InChI=1S/C31H40O10/c1-16-19(37-6)14-31(36)26(40-27(35)18-11-9-8-10-12-18)24-29(5,25(34)23(33)22(16)28(31,3)4)20(38-7)13-21-30(24,15-39-21)41-17(2)32/h8-12,19-21,23-24,26,33,36H,13-15H2,1-7H3/t19-,20-,21+,23+,24-,26-,29+,30-,31+/m0/s1/i7D3. The fraction of sp³-hybridized carbons (Fsp3) is 0.645. The smallest absolute Gasteiger partial charge is 0.338 e. The number of esters is 2. The lowest BCUT2D eigenvalue weighted by Gasteiger charge is -2.67. The minimum atomic E-state index is -2.98. The molecule has 41 heavy (non-hydrogen) atoms. The average Bonchev–Trinajstić information content (AvgIpc) is 2.93. The Kier molecular flexibility index (Phi) is 6.34. The van der Waals surface area contributed by atoms with E-state index in [0.717, 1.165) is 0 Å². The van der Waals surface area contributed by atoms with E-state index in [1.54, 1.807) is 39.0 Å². The van der Waals surface area contributed by atoms with Crippen LogP contribution in [0, 0.1) is 16.7 Å². The predicted molar refractivity (Wildman–Crippen MR) is 145 cm³/mol. The molecule has 3 aliphatic carbocycles. The number of methoxy groups -OCH3 is 2. The monoisotopic (exact) mass is 575 g/mol. The number of ether oxygens (including phenoxy) is 5. The van der Waals surface area contributed by atoms with Crippen LogP contribution in [0.25, 0.3) is 0 Å². The lowest BCUT2D eigenvalue weighted by molar-refractivity contribution is -0.347. The van der Waals surface area contributed by atoms with Crippen LogP contribution in [0.15, 0.2) is 41.5 Å². The number of benzene rings is 1. The van der Waals surface area contributed by atoms with Gasteiger partial charge in [-0.05, 0) is 37.1 Å². The number of hydrogen-bond donors (Lipinski definition) is 2. The number of aliphatic hydroxyl groups excluding tert-OH is 1. The molecule has 3 fully saturated rings. The van der Waals surface area contributed by atoms with Crippen LogP contribution in [0.5, 0.6) is 0 Å². The minimum Gasteiger partial charge on any atom is -0.455 e. The quantitative estimate of drug-likeness (QED) is 0.398. The van der Waals surface area contributed by atoms with Gasteiger partial charge in [-0.25, -0.2) is 4.79 Å². The number of hydrogen-bond acceptors (Lipinski definition) is 10. The number of aliphatic hydroxyl groups is 2. The number of fused-ring (bicyclic) bond motifs is 5. The van der Waals surface area contributed by atoms with E-state index in [9.17, 15) is 24.6 Å². The molecule has 0 unspecified atom stereocenters. The van der Waals surface area contributed by atoms with Crippen molar-refractivity contribution < 1.29 is 52.4 Å². The third kappa shape index (κ3) is 3.98. The Morgan fingerprint density at radius 3 is 2.39 bits per heavy atom. The summed E-state index contributed by atoms with van der Waals surface area (Å²) in [6, 6.07) is 8.05. The van der Waals surface area contributed by atoms with Crippen LogP contribution >= 0.6 is 0 Å². The molecular weight excluding hydrogens is 532 g/mol. The highest BCUT2D eigenvalue weighted by Crippen LogP contribution is 2.64. The normalized spacial score (nSPS) is 42.6. The average molecular weight is 576 g/mol. The Balaban J connectivity index is 1.85. The van der Waals surface area contributed by atoms with Crippen LogP contribution in [-0.4, -0.2) is 90.4 Å². The number of rotatable bonds is 5. The molecule has 224 valence electrons. The van der Waals surface area contributed by atoms with Crippen molar-refractivity contribution in [3.63, 3.8) is 0 Å². The highest BCUT2D eigenvalue weighted by Gasteiger charge is 2.78. The minimum absolute atomic E-state index is 0.126. The molecule has 1 saturated heterocycles. The van der Waals surface area contributed by atoms with E-state index in [1.807, 2.05) is 0 Å². The van der Waals surface area contributed by atoms with Crippen LogP contribution in [0.2, 0.25) is 0 Å². The molecular formula is C31H40O10. The van der Waals surface area contributed by atoms with E-state index < -0.39 is 83.2 Å². The molecule has 2 saturated carbocycles. The third-order valence-electron chi connectivity index (χ3n) is 10.3. The lowest BCUT2D eigenvalue weighted by atomic mass is 9.44. The van der Waals surface area contributed by atoms with Gasteiger partial charge in [-0.2, -0.15) is 0 Å². The first-order valence-electron chi connectivity index (χ1n) is 15.3. The molecule has 4 aliphatic rings. The van der Waals surface area contributed by atoms with Gasteiger partial charge in [0, 0.05) is 39.3 Å². The highest BCUT2D eigenvalue weighted by atomic mass is 16.6. The van der Waals surface area contributed by atoms with E-state index in [-0.39, 0.29) is 30.6 Å². The molecule has 1 aromatic carbocycles. The molecule has 0 amide bonds. The first-order valence-corrected chi connectivity index (χ1v) is 13.8. The second-order valence-electron chi connectivity index (χ2n) is 12.5. The van der Waals surface area contributed by atoms with Gasteiger partial charge in [-0.1, -0.05) is 32.0 Å². The van der Waals surface area contributed by atoms with Crippen molar-refractivity contribution in [2.45, 2.75) is 89.2 Å². The molecule has 0 spiro atoms. The zero-order valence-electron chi connectivity index (χ0n) is 27.1. The van der Waals surface area contributed by atoms with E-state index in [4.69, 9.17) is 27.8 Å². The number of carbonyl (C=O) groups is 3. The molecule has 10 nitrogen and oxygen atoms in total. The Bertz CT molecular complexity index is 1380. The van der Waals surface area contributed by atoms with E-state index in [2.05, 4.69) is 0 Å². The SMILES string of the molecule is [2H]C([2H])([2H])O[C@H]1C[C@H]2OC[C@@]2(OC(C)=O)[C@H]2[C@H](OC(=O)c3ccccc3)[C@]3(O)C[C@H](OC)C(C)=C([C@@H](O)C(=O)[C@]12C)C3(C)C. The summed E-state index contributed by atoms with van der Waals surface area (Å²) in [5, 5.41) is 24.9. The van der Waals surface area contributed by atoms with Gasteiger partial charge in [0.25, 0.3) is 0 Å². The van der Waals surface area contributed by atoms with Crippen LogP contribution in [0.1, 0.15) is 61.9 Å². The van der Waals surface area contributed by atoms with Crippen LogP contribution in [-0.2, 0) is 33.3 Å². The zero-order chi connectivity index (χ0) is 32.6. The van der Waals surface area contributed by atoms with Crippen molar-refractivity contribution in [3.8, 4) is 0 Å².